The smallest absolute Gasteiger partial charge is 0.310 e. The number of carbonyl (C=O) groups is 2. The van der Waals surface area contributed by atoms with Gasteiger partial charge in [0.15, 0.2) is 0 Å². The molecule has 2 aliphatic carbocycles. The van der Waals surface area contributed by atoms with Gasteiger partial charge in [-0.3, -0.25) is 9.59 Å². The molecule has 6 unspecified atom stereocenters. The summed E-state index contributed by atoms with van der Waals surface area (Å²) in [6.45, 7) is 6.32. The van der Waals surface area contributed by atoms with Crippen LogP contribution >= 0.6 is 0 Å². The molecule has 126 valence electrons. The van der Waals surface area contributed by atoms with Gasteiger partial charge in [-0.05, 0) is 49.9 Å². The molecule has 0 spiro atoms. The van der Waals surface area contributed by atoms with Crippen LogP contribution in [0.15, 0.2) is 0 Å². The molecule has 2 bridgehead atoms. The zero-order valence-electron chi connectivity index (χ0n) is 14.1. The molecular formula is C18H30O4. The highest BCUT2D eigenvalue weighted by Gasteiger charge is 2.57. The van der Waals surface area contributed by atoms with Crippen molar-refractivity contribution in [3.63, 3.8) is 0 Å². The maximum absolute atomic E-state index is 12.6. The van der Waals surface area contributed by atoms with Gasteiger partial charge in [-0.1, -0.05) is 33.6 Å². The molecule has 6 atom stereocenters. The van der Waals surface area contributed by atoms with E-state index in [0.29, 0.717) is 5.92 Å². The van der Waals surface area contributed by atoms with Gasteiger partial charge in [-0.25, -0.2) is 0 Å². The lowest BCUT2D eigenvalue weighted by atomic mass is 9.74. The first-order chi connectivity index (χ1) is 10.5. The SMILES string of the molecule is CCCCCC(CC)OC(=O)C1C2CC(CC2C)C1C(=O)O. The van der Waals surface area contributed by atoms with Crippen LogP contribution < -0.4 is 0 Å². The van der Waals surface area contributed by atoms with E-state index in [-0.39, 0.29) is 23.9 Å². The molecular weight excluding hydrogens is 280 g/mol. The van der Waals surface area contributed by atoms with Crippen molar-refractivity contribution in [3.05, 3.63) is 0 Å². The van der Waals surface area contributed by atoms with Gasteiger partial charge < -0.3 is 9.84 Å². The summed E-state index contributed by atoms with van der Waals surface area (Å²) in [4.78, 5) is 24.2. The fraction of sp³-hybridized carbons (Fsp3) is 0.889. The molecule has 2 saturated carbocycles. The normalized spacial score (nSPS) is 34.6. The average Bonchev–Trinajstić information content (AvgIpc) is 3.02. The number of aliphatic carboxylic acids is 1. The van der Waals surface area contributed by atoms with Gasteiger partial charge in [-0.2, -0.15) is 0 Å². The molecule has 0 aromatic rings. The minimum absolute atomic E-state index is 0.0528. The monoisotopic (exact) mass is 310 g/mol. The molecule has 0 saturated heterocycles. The Hall–Kier alpha value is -1.06. The van der Waals surface area contributed by atoms with Crippen LogP contribution in [0.25, 0.3) is 0 Å². The lowest BCUT2D eigenvalue weighted by Crippen LogP contribution is -2.39. The minimum Gasteiger partial charge on any atom is -0.481 e. The number of esters is 1. The third-order valence-corrected chi connectivity index (χ3v) is 5.76. The van der Waals surface area contributed by atoms with Gasteiger partial charge >= 0.3 is 11.9 Å². The third-order valence-electron chi connectivity index (χ3n) is 5.76. The second kappa shape index (κ2) is 7.47. The number of carbonyl (C=O) groups excluding carboxylic acids is 1. The van der Waals surface area contributed by atoms with Crippen LogP contribution in [-0.4, -0.2) is 23.1 Å². The van der Waals surface area contributed by atoms with Gasteiger partial charge in [-0.15, -0.1) is 0 Å². The largest absolute Gasteiger partial charge is 0.481 e. The van der Waals surface area contributed by atoms with Gasteiger partial charge in [0.1, 0.15) is 6.10 Å². The van der Waals surface area contributed by atoms with Crippen LogP contribution in [0.5, 0.6) is 0 Å². The first-order valence-electron chi connectivity index (χ1n) is 8.92. The highest BCUT2D eigenvalue weighted by atomic mass is 16.5. The maximum atomic E-state index is 12.6. The predicted octanol–water partition coefficient (Wildman–Crippen LogP) is 3.88. The quantitative estimate of drug-likeness (QED) is 0.546. The van der Waals surface area contributed by atoms with Crippen LogP contribution in [0.1, 0.15) is 65.7 Å². The van der Waals surface area contributed by atoms with E-state index < -0.39 is 17.8 Å². The number of rotatable bonds is 8. The lowest BCUT2D eigenvalue weighted by Gasteiger charge is -2.31. The van der Waals surface area contributed by atoms with E-state index in [0.717, 1.165) is 44.9 Å². The Balaban J connectivity index is 1.99. The highest BCUT2D eigenvalue weighted by Crippen LogP contribution is 2.55. The predicted molar refractivity (Wildman–Crippen MR) is 84.3 cm³/mol. The van der Waals surface area contributed by atoms with Crippen molar-refractivity contribution in [3.8, 4) is 0 Å². The molecule has 1 N–H and O–H groups in total. The summed E-state index contributed by atoms with van der Waals surface area (Å²) < 4.78 is 5.71. The summed E-state index contributed by atoms with van der Waals surface area (Å²) in [7, 11) is 0. The average molecular weight is 310 g/mol. The minimum atomic E-state index is -0.819. The molecule has 0 aromatic carbocycles. The van der Waals surface area contributed by atoms with E-state index in [1.807, 2.05) is 6.92 Å². The Morgan fingerprint density at radius 3 is 2.50 bits per heavy atom. The van der Waals surface area contributed by atoms with Crippen LogP contribution in [0, 0.1) is 29.6 Å². The Kier molecular flexibility index (Phi) is 5.87. The van der Waals surface area contributed by atoms with Crippen molar-refractivity contribution in [2.45, 2.75) is 71.8 Å². The lowest BCUT2D eigenvalue weighted by molar-refractivity contribution is -0.165. The Morgan fingerprint density at radius 1 is 1.18 bits per heavy atom. The molecule has 0 heterocycles. The molecule has 2 fully saturated rings. The number of fused-ring (bicyclic) bond motifs is 2. The van der Waals surface area contributed by atoms with E-state index in [4.69, 9.17) is 4.74 Å². The van der Waals surface area contributed by atoms with Crippen LogP contribution in [0.2, 0.25) is 0 Å². The number of carboxylic acid groups (broad SMARTS) is 1. The Morgan fingerprint density at radius 2 is 1.91 bits per heavy atom. The summed E-state index contributed by atoms with van der Waals surface area (Å²) in [5.41, 5.74) is 0. The van der Waals surface area contributed by atoms with Gasteiger partial charge in [0.2, 0.25) is 0 Å². The van der Waals surface area contributed by atoms with E-state index in [1.54, 1.807) is 0 Å². The van der Waals surface area contributed by atoms with Crippen LogP contribution in [-0.2, 0) is 14.3 Å². The van der Waals surface area contributed by atoms with E-state index in [1.165, 1.54) is 0 Å². The highest BCUT2D eigenvalue weighted by molar-refractivity contribution is 5.83. The van der Waals surface area contributed by atoms with Crippen molar-refractivity contribution in [2.24, 2.45) is 29.6 Å². The van der Waals surface area contributed by atoms with E-state index in [2.05, 4.69) is 13.8 Å². The van der Waals surface area contributed by atoms with Crippen LogP contribution in [0.4, 0.5) is 0 Å². The topological polar surface area (TPSA) is 63.6 Å². The molecule has 4 heteroatoms. The number of carboxylic acids is 1. The molecule has 2 aliphatic rings. The fourth-order valence-corrected chi connectivity index (χ4v) is 4.57. The van der Waals surface area contributed by atoms with Crippen molar-refractivity contribution < 1.29 is 19.4 Å². The Labute approximate surface area is 133 Å². The molecule has 0 radical (unpaired) electrons. The zero-order valence-corrected chi connectivity index (χ0v) is 14.1. The molecule has 0 aliphatic heterocycles. The first-order valence-corrected chi connectivity index (χ1v) is 8.92. The number of unbranched alkanes of at least 4 members (excludes halogenated alkanes) is 2. The van der Waals surface area contributed by atoms with Crippen molar-refractivity contribution >= 4 is 11.9 Å². The van der Waals surface area contributed by atoms with Gasteiger partial charge in [0.05, 0.1) is 11.8 Å². The van der Waals surface area contributed by atoms with E-state index >= 15 is 0 Å². The zero-order chi connectivity index (χ0) is 16.3. The van der Waals surface area contributed by atoms with Crippen molar-refractivity contribution in [2.75, 3.05) is 0 Å². The molecule has 4 nitrogen and oxygen atoms in total. The summed E-state index contributed by atoms with van der Waals surface area (Å²) in [6, 6.07) is 0. The molecule has 0 amide bonds. The number of ether oxygens (including phenoxy) is 1. The maximum Gasteiger partial charge on any atom is 0.310 e. The van der Waals surface area contributed by atoms with Crippen molar-refractivity contribution in [1.82, 2.24) is 0 Å². The standard InChI is InChI=1S/C18H30O4/c1-4-6-7-8-13(5-2)22-18(21)16-14-10-12(9-11(14)3)15(16)17(19)20/h11-16H,4-10H2,1-3H3,(H,19,20). The summed E-state index contributed by atoms with van der Waals surface area (Å²) >= 11 is 0. The number of hydrogen-bond acceptors (Lipinski definition) is 3. The molecule has 2 rings (SSSR count). The fourth-order valence-electron chi connectivity index (χ4n) is 4.57. The van der Waals surface area contributed by atoms with Crippen LogP contribution in [0.3, 0.4) is 0 Å². The second-order valence-corrected chi connectivity index (χ2v) is 7.23. The van der Waals surface area contributed by atoms with E-state index in [9.17, 15) is 14.7 Å². The molecule has 0 aromatic heterocycles. The summed E-state index contributed by atoms with van der Waals surface area (Å²) in [6.07, 6.45) is 6.84. The van der Waals surface area contributed by atoms with Crippen molar-refractivity contribution in [1.29, 1.82) is 0 Å². The summed E-state index contributed by atoms with van der Waals surface area (Å²) in [5, 5.41) is 9.50. The first kappa shape index (κ1) is 17.3. The second-order valence-electron chi connectivity index (χ2n) is 7.23. The Bertz CT molecular complexity index is 406. The third kappa shape index (κ3) is 3.47. The summed E-state index contributed by atoms with van der Waals surface area (Å²) in [5.74, 6) is -1.22. The van der Waals surface area contributed by atoms with Gasteiger partial charge in [0.25, 0.3) is 0 Å². The molecule has 22 heavy (non-hydrogen) atoms. The number of hydrogen-bond donors (Lipinski definition) is 1. The van der Waals surface area contributed by atoms with Gasteiger partial charge in [0, 0.05) is 0 Å².